The molecule has 0 unspecified atom stereocenters. The molecule has 0 aliphatic carbocycles. The van der Waals surface area contributed by atoms with E-state index in [9.17, 15) is 26.3 Å². The second-order valence-electron chi connectivity index (χ2n) is 3.79. The molecule has 0 saturated heterocycles. The maximum absolute atomic E-state index is 12.3. The smallest absolute Gasteiger partial charge is 0.214 e. The van der Waals surface area contributed by atoms with Crippen molar-refractivity contribution in [2.24, 2.45) is 0 Å². The summed E-state index contributed by atoms with van der Waals surface area (Å²) in [4.78, 5) is -4.33. The quantitative estimate of drug-likeness (QED) is 0.274. The molecule has 2 aromatic rings. The van der Waals surface area contributed by atoms with Crippen molar-refractivity contribution in [2.75, 3.05) is 0 Å². The van der Waals surface area contributed by atoms with Crippen molar-refractivity contribution in [1.29, 1.82) is 0 Å². The Bertz CT molecular complexity index is 452. The Hall–Kier alpha value is -0.911. The fourth-order valence-corrected chi connectivity index (χ4v) is 1.54. The number of hydrogen-bond donors (Lipinski definition) is 0. The molecule has 8 heteroatoms. The third kappa shape index (κ3) is 4.53. The van der Waals surface area contributed by atoms with Crippen molar-refractivity contribution < 1.29 is 43.4 Å². The van der Waals surface area contributed by atoms with Gasteiger partial charge in [-0.2, -0.15) is 56.7 Å². The van der Waals surface area contributed by atoms with Gasteiger partial charge in [-0.05, 0) is 0 Å². The molecule has 21 heavy (non-hydrogen) atoms. The minimum Gasteiger partial charge on any atom is -0.214 e. The van der Waals surface area contributed by atoms with Gasteiger partial charge >= 0.3 is 29.4 Å². The zero-order valence-electron chi connectivity index (χ0n) is 10.2. The second kappa shape index (κ2) is 7.38. The van der Waals surface area contributed by atoms with Crippen molar-refractivity contribution in [3.63, 3.8) is 0 Å². The van der Waals surface area contributed by atoms with Gasteiger partial charge < -0.3 is 0 Å². The molecule has 2 aromatic carbocycles. The average molecular weight is 371 g/mol. The van der Waals surface area contributed by atoms with E-state index in [4.69, 9.17) is 11.6 Å². The molecule has 0 amide bonds. The van der Waals surface area contributed by atoms with Gasteiger partial charge in [-0.15, -0.1) is 17.2 Å². The predicted molar refractivity (Wildman–Crippen MR) is 63.7 cm³/mol. The summed E-state index contributed by atoms with van der Waals surface area (Å²) in [7, 11) is 0. The van der Waals surface area contributed by atoms with Gasteiger partial charge in [-0.25, -0.2) is 24.3 Å². The van der Waals surface area contributed by atoms with Crippen LogP contribution < -0.4 is 0 Å². The van der Waals surface area contributed by atoms with Crippen LogP contribution in [0.1, 0.15) is 5.56 Å². The minimum atomic E-state index is -5.60. The first-order valence-electron chi connectivity index (χ1n) is 5.32. The van der Waals surface area contributed by atoms with Crippen molar-refractivity contribution in [2.45, 2.75) is 17.2 Å². The summed E-state index contributed by atoms with van der Waals surface area (Å²) < 4.78 is 73.9. The number of alkyl halides is 7. The van der Waals surface area contributed by atoms with Crippen LogP contribution in [0.25, 0.3) is 0 Å². The van der Waals surface area contributed by atoms with E-state index >= 15 is 0 Å². The Morgan fingerprint density at radius 3 is 1.38 bits per heavy atom. The van der Waals surface area contributed by atoms with E-state index in [0.717, 1.165) is 12.1 Å². The molecule has 0 fully saturated rings. The van der Waals surface area contributed by atoms with E-state index in [1.54, 1.807) is 0 Å². The van der Waals surface area contributed by atoms with Crippen LogP contribution in [-0.4, -0.2) is 12.4 Å². The Kier molecular flexibility index (Phi) is 7.06. The third-order valence-electron chi connectivity index (χ3n) is 2.40. The van der Waals surface area contributed by atoms with E-state index in [1.807, 2.05) is 30.3 Å². The number of halogens is 7. The van der Waals surface area contributed by atoms with Gasteiger partial charge in [0.1, 0.15) is 0 Å². The van der Waals surface area contributed by atoms with Crippen LogP contribution in [0, 0.1) is 0 Å². The van der Waals surface area contributed by atoms with Crippen molar-refractivity contribution in [3.8, 4) is 0 Å². The van der Waals surface area contributed by atoms with Gasteiger partial charge in [-0.3, -0.25) is 0 Å². The van der Waals surface area contributed by atoms with Crippen LogP contribution >= 0.6 is 11.6 Å². The molecule has 0 bridgehead atoms. The molecule has 0 aromatic heterocycles. The van der Waals surface area contributed by atoms with Gasteiger partial charge in [-0.1, -0.05) is 0 Å². The topological polar surface area (TPSA) is 0 Å². The van der Waals surface area contributed by atoms with Gasteiger partial charge in [0.05, 0.1) is 0 Å². The summed E-state index contributed by atoms with van der Waals surface area (Å²) in [6.45, 7) is 0. The Morgan fingerprint density at radius 2 is 1.14 bits per heavy atom. The molecule has 0 radical (unpaired) electrons. The van der Waals surface area contributed by atoms with E-state index in [2.05, 4.69) is 0 Å². The standard InChI is InChI=1S/C8H4ClF6.C5H5.Fe/c9-6(7(10,11)12,8(13,14)15)5-3-1-2-4-5;1-2-4-5-3-1;/h1-4H;1-5H;/q2*-1;+2. The van der Waals surface area contributed by atoms with Crippen LogP contribution in [-0.2, 0) is 21.9 Å². The van der Waals surface area contributed by atoms with Crippen LogP contribution in [0.5, 0.6) is 0 Å². The molecule has 0 nitrogen and oxygen atoms in total. The first kappa shape index (κ1) is 20.1. The molecule has 0 aliphatic heterocycles. The fraction of sp³-hybridized carbons (Fsp3) is 0.231. The van der Waals surface area contributed by atoms with Gasteiger partial charge in [0.2, 0.25) is 4.87 Å². The van der Waals surface area contributed by atoms with Gasteiger partial charge in [0.15, 0.2) is 0 Å². The Balaban J connectivity index is 0.000000562. The first-order chi connectivity index (χ1) is 9.11. The molecule has 0 saturated carbocycles. The van der Waals surface area contributed by atoms with Crippen molar-refractivity contribution in [3.05, 3.63) is 60.2 Å². The van der Waals surface area contributed by atoms with Crippen molar-refractivity contribution in [1.82, 2.24) is 0 Å². The number of hydrogen-bond acceptors (Lipinski definition) is 0. The van der Waals surface area contributed by atoms with E-state index in [-0.39, 0.29) is 17.1 Å². The first-order valence-corrected chi connectivity index (χ1v) is 5.69. The largest absolute Gasteiger partial charge is 2.00 e. The Labute approximate surface area is 132 Å². The maximum atomic E-state index is 12.3. The average Bonchev–Trinajstić information content (AvgIpc) is 3.01. The molecule has 0 spiro atoms. The van der Waals surface area contributed by atoms with E-state index in [0.29, 0.717) is 12.1 Å². The SMILES string of the molecule is FC(F)(F)C(Cl)([c-]1cccc1)C(F)(F)F.[Fe+2].c1cc[cH-]c1. The second-order valence-corrected chi connectivity index (χ2v) is 4.36. The number of rotatable bonds is 1. The van der Waals surface area contributed by atoms with Crippen LogP contribution in [0.15, 0.2) is 54.6 Å². The summed E-state index contributed by atoms with van der Waals surface area (Å²) >= 11 is 4.71. The molecule has 0 atom stereocenters. The van der Waals surface area contributed by atoms with Crippen LogP contribution in [0.4, 0.5) is 26.3 Å². The third-order valence-corrected chi connectivity index (χ3v) is 3.04. The summed E-state index contributed by atoms with van der Waals surface area (Å²) in [6.07, 6.45) is -11.2. The summed E-state index contributed by atoms with van der Waals surface area (Å²) in [6, 6.07) is 13.5. The monoisotopic (exact) mass is 370 g/mol. The van der Waals surface area contributed by atoms with E-state index < -0.39 is 22.8 Å². The molecule has 0 heterocycles. The van der Waals surface area contributed by atoms with Gasteiger partial charge in [0, 0.05) is 0 Å². The molecular weight excluding hydrogens is 361 g/mol. The van der Waals surface area contributed by atoms with Crippen LogP contribution in [0.3, 0.4) is 0 Å². The zero-order valence-corrected chi connectivity index (χ0v) is 12.1. The van der Waals surface area contributed by atoms with Crippen molar-refractivity contribution >= 4 is 11.6 Å². The molecule has 0 N–H and O–H groups in total. The Morgan fingerprint density at radius 1 is 0.762 bits per heavy atom. The zero-order chi connectivity index (χ0) is 15.4. The summed E-state index contributed by atoms with van der Waals surface area (Å²) in [5.41, 5.74) is -1.02. The molecule has 0 aliphatic rings. The normalized spacial score (nSPS) is 12.1. The maximum Gasteiger partial charge on any atom is 2.00 e. The van der Waals surface area contributed by atoms with Gasteiger partial charge in [0.25, 0.3) is 0 Å². The molecule has 118 valence electrons. The fourth-order valence-electron chi connectivity index (χ4n) is 1.41. The van der Waals surface area contributed by atoms with E-state index in [1.165, 1.54) is 0 Å². The summed E-state index contributed by atoms with van der Waals surface area (Å²) in [5.74, 6) is 0. The predicted octanol–water partition coefficient (Wildman–Crippen LogP) is 5.37. The minimum absolute atomic E-state index is 0. The molecule has 2 rings (SSSR count). The van der Waals surface area contributed by atoms with Crippen LogP contribution in [0.2, 0.25) is 0 Å². The molecular formula is C13H9ClF6Fe. The summed E-state index contributed by atoms with van der Waals surface area (Å²) in [5, 5.41) is 0.